The summed E-state index contributed by atoms with van der Waals surface area (Å²) in [6.07, 6.45) is 3.41. The van der Waals surface area contributed by atoms with Crippen LogP contribution in [0.3, 0.4) is 0 Å². The fourth-order valence-electron chi connectivity index (χ4n) is 3.46. The van der Waals surface area contributed by atoms with Gasteiger partial charge in [0.1, 0.15) is 24.7 Å². The molecule has 1 aliphatic rings. The van der Waals surface area contributed by atoms with Gasteiger partial charge in [0.2, 0.25) is 5.91 Å². The number of carbonyl (C=O) groups excluding carboxylic acids is 1. The Balaban J connectivity index is 1.58. The van der Waals surface area contributed by atoms with Gasteiger partial charge in [0.25, 0.3) is 0 Å². The van der Waals surface area contributed by atoms with E-state index in [1.54, 1.807) is 0 Å². The molecule has 0 saturated carbocycles. The van der Waals surface area contributed by atoms with Gasteiger partial charge in [-0.1, -0.05) is 30.3 Å². The van der Waals surface area contributed by atoms with Crippen LogP contribution in [0.1, 0.15) is 25.1 Å². The quantitative estimate of drug-likeness (QED) is 0.707. The molecule has 1 fully saturated rings. The standard InChI is InChI=1S/C21H23N3O2/c25-21(23-13-7-2-8-14-23)15-24-19-12-6-5-11-18(19)22-20(24)16-26-17-9-3-1-4-10-17/h1,3-6,9-12H,2,7-8,13-16H2. The minimum Gasteiger partial charge on any atom is -0.486 e. The van der Waals surface area contributed by atoms with Crippen molar-refractivity contribution in [2.75, 3.05) is 13.1 Å². The SMILES string of the molecule is O=C(Cn1c(COc2ccccc2)nc2ccccc21)N1CCCCC1. The van der Waals surface area contributed by atoms with Crippen molar-refractivity contribution in [1.82, 2.24) is 14.5 Å². The van der Waals surface area contributed by atoms with Gasteiger partial charge in [-0.05, 0) is 43.5 Å². The van der Waals surface area contributed by atoms with Crippen molar-refractivity contribution in [3.8, 4) is 5.75 Å². The summed E-state index contributed by atoms with van der Waals surface area (Å²) in [5.74, 6) is 1.74. The Hall–Kier alpha value is -2.82. The zero-order chi connectivity index (χ0) is 17.8. The molecule has 2 heterocycles. The molecule has 1 amide bonds. The number of nitrogens with zero attached hydrogens (tertiary/aromatic N) is 3. The third kappa shape index (κ3) is 3.57. The summed E-state index contributed by atoms with van der Waals surface area (Å²) in [7, 11) is 0. The number of para-hydroxylation sites is 3. The van der Waals surface area contributed by atoms with E-state index in [0.717, 1.165) is 48.5 Å². The van der Waals surface area contributed by atoms with Gasteiger partial charge < -0.3 is 14.2 Å². The summed E-state index contributed by atoms with van der Waals surface area (Å²) in [5.41, 5.74) is 1.87. The molecule has 0 bridgehead atoms. The van der Waals surface area contributed by atoms with Gasteiger partial charge in [0.15, 0.2) is 0 Å². The monoisotopic (exact) mass is 349 g/mol. The highest BCUT2D eigenvalue weighted by molar-refractivity contribution is 5.81. The topological polar surface area (TPSA) is 47.4 Å². The second-order valence-electron chi connectivity index (χ2n) is 6.65. The van der Waals surface area contributed by atoms with Crippen LogP contribution in [0.15, 0.2) is 54.6 Å². The Morgan fingerprint density at radius 1 is 0.962 bits per heavy atom. The molecular weight excluding hydrogens is 326 g/mol. The van der Waals surface area contributed by atoms with Gasteiger partial charge in [0, 0.05) is 13.1 Å². The minimum absolute atomic E-state index is 0.161. The minimum atomic E-state index is 0.161. The van der Waals surface area contributed by atoms with Crippen LogP contribution < -0.4 is 4.74 Å². The van der Waals surface area contributed by atoms with E-state index in [0.29, 0.717) is 13.2 Å². The number of imidazole rings is 1. The molecule has 0 spiro atoms. The molecule has 1 aliphatic heterocycles. The number of rotatable bonds is 5. The number of amides is 1. The molecular formula is C21H23N3O2. The molecule has 5 nitrogen and oxygen atoms in total. The van der Waals surface area contributed by atoms with Crippen LogP contribution in [0.5, 0.6) is 5.75 Å². The number of piperidine rings is 1. The summed E-state index contributed by atoms with van der Waals surface area (Å²) in [5, 5.41) is 0. The van der Waals surface area contributed by atoms with Crippen molar-refractivity contribution < 1.29 is 9.53 Å². The highest BCUT2D eigenvalue weighted by Crippen LogP contribution is 2.19. The van der Waals surface area contributed by atoms with Crippen LogP contribution in [0.25, 0.3) is 11.0 Å². The first kappa shape index (κ1) is 16.6. The predicted molar refractivity (Wildman–Crippen MR) is 101 cm³/mol. The normalized spacial score (nSPS) is 14.5. The average molecular weight is 349 g/mol. The molecule has 1 aromatic heterocycles. The van der Waals surface area contributed by atoms with E-state index < -0.39 is 0 Å². The zero-order valence-corrected chi connectivity index (χ0v) is 14.8. The smallest absolute Gasteiger partial charge is 0.242 e. The third-order valence-corrected chi connectivity index (χ3v) is 4.85. The molecule has 0 radical (unpaired) electrons. The van der Waals surface area contributed by atoms with Crippen LogP contribution in [0, 0.1) is 0 Å². The first-order valence-electron chi connectivity index (χ1n) is 9.21. The third-order valence-electron chi connectivity index (χ3n) is 4.85. The van der Waals surface area contributed by atoms with Crippen LogP contribution in [-0.2, 0) is 17.9 Å². The number of carbonyl (C=O) groups is 1. The molecule has 2 aromatic carbocycles. The van der Waals surface area contributed by atoms with E-state index in [2.05, 4.69) is 0 Å². The summed E-state index contributed by atoms with van der Waals surface area (Å²) in [4.78, 5) is 19.4. The summed E-state index contributed by atoms with van der Waals surface area (Å²) in [6.45, 7) is 2.38. The molecule has 0 unspecified atom stereocenters. The number of benzene rings is 2. The van der Waals surface area contributed by atoms with Crippen LogP contribution >= 0.6 is 0 Å². The van der Waals surface area contributed by atoms with Crippen molar-refractivity contribution in [2.45, 2.75) is 32.4 Å². The molecule has 134 valence electrons. The molecule has 5 heteroatoms. The first-order chi connectivity index (χ1) is 12.8. The highest BCUT2D eigenvalue weighted by atomic mass is 16.5. The Kier molecular flexibility index (Phi) is 4.86. The molecule has 0 aliphatic carbocycles. The maximum Gasteiger partial charge on any atom is 0.242 e. The van der Waals surface area contributed by atoms with Crippen molar-refractivity contribution in [3.63, 3.8) is 0 Å². The number of likely N-dealkylation sites (tertiary alicyclic amines) is 1. The average Bonchev–Trinajstić information content (AvgIpc) is 3.05. The van der Waals surface area contributed by atoms with Crippen LogP contribution in [0.4, 0.5) is 0 Å². The lowest BCUT2D eigenvalue weighted by Crippen LogP contribution is -2.38. The number of fused-ring (bicyclic) bond motifs is 1. The van der Waals surface area contributed by atoms with E-state index >= 15 is 0 Å². The Labute approximate surface area is 153 Å². The Bertz CT molecular complexity index is 883. The highest BCUT2D eigenvalue weighted by Gasteiger charge is 2.20. The largest absolute Gasteiger partial charge is 0.486 e. The molecule has 0 N–H and O–H groups in total. The zero-order valence-electron chi connectivity index (χ0n) is 14.8. The van der Waals surface area contributed by atoms with E-state index in [-0.39, 0.29) is 5.91 Å². The fraction of sp³-hybridized carbons (Fsp3) is 0.333. The van der Waals surface area contributed by atoms with Gasteiger partial charge >= 0.3 is 0 Å². The Morgan fingerprint density at radius 3 is 2.50 bits per heavy atom. The van der Waals surface area contributed by atoms with Gasteiger partial charge in [-0.2, -0.15) is 0 Å². The molecule has 1 saturated heterocycles. The predicted octanol–water partition coefficient (Wildman–Crippen LogP) is 3.63. The van der Waals surface area contributed by atoms with Crippen molar-refractivity contribution in [1.29, 1.82) is 0 Å². The van der Waals surface area contributed by atoms with Crippen LogP contribution in [-0.4, -0.2) is 33.4 Å². The van der Waals surface area contributed by atoms with Crippen LogP contribution in [0.2, 0.25) is 0 Å². The second-order valence-corrected chi connectivity index (χ2v) is 6.65. The number of hydrogen-bond acceptors (Lipinski definition) is 3. The summed E-state index contributed by atoms with van der Waals surface area (Å²) < 4.78 is 7.88. The molecule has 4 rings (SSSR count). The summed E-state index contributed by atoms with van der Waals surface area (Å²) >= 11 is 0. The van der Waals surface area contributed by atoms with Gasteiger partial charge in [-0.15, -0.1) is 0 Å². The van der Waals surface area contributed by atoms with E-state index in [9.17, 15) is 4.79 Å². The van der Waals surface area contributed by atoms with Crippen molar-refractivity contribution in [3.05, 3.63) is 60.4 Å². The fourth-order valence-corrected chi connectivity index (χ4v) is 3.46. The van der Waals surface area contributed by atoms with Gasteiger partial charge in [-0.3, -0.25) is 4.79 Å². The van der Waals surface area contributed by atoms with Crippen molar-refractivity contribution in [2.24, 2.45) is 0 Å². The summed E-state index contributed by atoms with van der Waals surface area (Å²) in [6, 6.07) is 17.6. The molecule has 3 aromatic rings. The number of ether oxygens (including phenoxy) is 1. The first-order valence-corrected chi connectivity index (χ1v) is 9.21. The second kappa shape index (κ2) is 7.60. The van der Waals surface area contributed by atoms with E-state index in [1.165, 1.54) is 6.42 Å². The molecule has 26 heavy (non-hydrogen) atoms. The lowest BCUT2D eigenvalue weighted by molar-refractivity contribution is -0.132. The maximum atomic E-state index is 12.8. The maximum absolute atomic E-state index is 12.8. The lowest BCUT2D eigenvalue weighted by Gasteiger charge is -2.27. The number of aromatic nitrogens is 2. The van der Waals surface area contributed by atoms with Crippen molar-refractivity contribution >= 4 is 16.9 Å². The van der Waals surface area contributed by atoms with Gasteiger partial charge in [0.05, 0.1) is 11.0 Å². The number of hydrogen-bond donors (Lipinski definition) is 0. The van der Waals surface area contributed by atoms with E-state index in [4.69, 9.17) is 9.72 Å². The Morgan fingerprint density at radius 2 is 1.69 bits per heavy atom. The lowest BCUT2D eigenvalue weighted by atomic mass is 10.1. The van der Waals surface area contributed by atoms with Gasteiger partial charge in [-0.25, -0.2) is 4.98 Å². The molecule has 0 atom stereocenters. The van der Waals surface area contributed by atoms with E-state index in [1.807, 2.05) is 64.1 Å².